The van der Waals surface area contributed by atoms with Gasteiger partial charge in [-0.3, -0.25) is 9.59 Å². The molecule has 1 heterocycles. The molecule has 5 rings (SSSR count). The summed E-state index contributed by atoms with van der Waals surface area (Å²) in [5.41, 5.74) is 3.15. The molecule has 0 bridgehead atoms. The Bertz CT molecular complexity index is 1240. The lowest BCUT2D eigenvalue weighted by Gasteiger charge is -2.40. The number of nitroso groups, excluding NO2 is 1. The van der Waals surface area contributed by atoms with Crippen molar-refractivity contribution >= 4 is 24.1 Å². The number of nitrogens with one attached hydrogen (secondary N) is 3. The summed E-state index contributed by atoms with van der Waals surface area (Å²) in [6.07, 6.45) is 8.28. The highest BCUT2D eigenvalue weighted by atomic mass is 16.3. The second-order valence-corrected chi connectivity index (χ2v) is 9.49. The lowest BCUT2D eigenvalue weighted by molar-refractivity contribution is -0.122. The Hall–Kier alpha value is -3.48. The van der Waals surface area contributed by atoms with E-state index in [-0.39, 0.29) is 30.4 Å². The molecule has 3 N–H and O–H groups in total. The third-order valence-corrected chi connectivity index (χ3v) is 6.96. The van der Waals surface area contributed by atoms with Crippen LogP contribution in [0.25, 0.3) is 23.4 Å². The number of carbonyl (C=O) groups excluding carboxylic acids is 2. The smallest absolute Gasteiger partial charge is 0.251 e. The molecule has 7 nitrogen and oxygen atoms in total. The van der Waals surface area contributed by atoms with Crippen molar-refractivity contribution in [1.82, 2.24) is 16.0 Å². The van der Waals surface area contributed by atoms with E-state index in [1.165, 1.54) is 0 Å². The van der Waals surface area contributed by atoms with Crippen LogP contribution in [0.2, 0.25) is 0 Å². The van der Waals surface area contributed by atoms with Gasteiger partial charge in [-0.05, 0) is 90.4 Å². The van der Waals surface area contributed by atoms with Crippen LogP contribution in [0, 0.1) is 17.7 Å². The topological polar surface area (TPSA) is 99.7 Å². The maximum absolute atomic E-state index is 12.9. The molecule has 2 amide bonds. The average molecular weight is 445 g/mol. The molecule has 2 fully saturated rings. The zero-order valence-electron chi connectivity index (χ0n) is 18.7. The fraction of sp³-hybridized carbons (Fsp3) is 0.385. The summed E-state index contributed by atoms with van der Waals surface area (Å²) in [6.45, 7) is 2.14. The Kier molecular flexibility index (Phi) is 5.48. The van der Waals surface area contributed by atoms with E-state index in [2.05, 4.69) is 27.2 Å². The van der Waals surface area contributed by atoms with E-state index in [0.29, 0.717) is 5.56 Å². The zero-order chi connectivity index (χ0) is 23.0. The predicted octanol–water partition coefficient (Wildman–Crippen LogP) is 2.05. The van der Waals surface area contributed by atoms with Crippen LogP contribution in [0.3, 0.4) is 0 Å². The standard InChI is InChI=1S/C26H28N4O3/c1-16-3-4-20(25(32)30-26(15-28-33)9-2-10-26)12-22(16)19-8-7-18-13-23(27-14-21(18)11-19)29-24(31)17-5-6-17/h3-4,7-8,11-14,17,23,27H,2,5-6,9-10,15H2,1H3,(H,29,31)(H,30,32). The number of carbonyl (C=O) groups is 2. The molecule has 0 saturated heterocycles. The second-order valence-electron chi connectivity index (χ2n) is 9.49. The Morgan fingerprint density at radius 3 is 2.64 bits per heavy atom. The van der Waals surface area contributed by atoms with E-state index >= 15 is 0 Å². The number of rotatable bonds is 7. The van der Waals surface area contributed by atoms with Crippen molar-refractivity contribution in [3.8, 4) is 11.1 Å². The molecule has 33 heavy (non-hydrogen) atoms. The molecule has 2 aliphatic carbocycles. The second kappa shape index (κ2) is 8.46. The monoisotopic (exact) mass is 444 g/mol. The molecule has 1 unspecified atom stereocenters. The SMILES string of the molecule is Cc1ccc(C(=O)NC2(CN=O)CCC2)cc1-c1ccc2c(c1)=CNC(NC(=O)C1CC1)C=2. The molecular formula is C26H28N4O3. The average Bonchev–Trinajstić information content (AvgIpc) is 3.63. The Labute approximate surface area is 192 Å². The summed E-state index contributed by atoms with van der Waals surface area (Å²) < 4.78 is 0. The number of hydrogen-bond acceptors (Lipinski definition) is 5. The van der Waals surface area contributed by atoms with Crippen LogP contribution in [-0.4, -0.2) is 30.1 Å². The van der Waals surface area contributed by atoms with Crippen molar-refractivity contribution in [2.45, 2.75) is 50.7 Å². The fourth-order valence-electron chi connectivity index (χ4n) is 4.56. The maximum Gasteiger partial charge on any atom is 0.251 e. The summed E-state index contributed by atoms with van der Waals surface area (Å²) in [5.74, 6) is 0.106. The first-order valence-corrected chi connectivity index (χ1v) is 11.6. The van der Waals surface area contributed by atoms with Crippen LogP contribution in [-0.2, 0) is 4.79 Å². The summed E-state index contributed by atoms with van der Waals surface area (Å²) in [4.78, 5) is 35.8. The lowest BCUT2D eigenvalue weighted by atomic mass is 9.76. The molecule has 0 aromatic heterocycles. The molecule has 2 saturated carbocycles. The minimum Gasteiger partial charge on any atom is -0.368 e. The molecule has 3 aliphatic rings. The van der Waals surface area contributed by atoms with Crippen molar-refractivity contribution < 1.29 is 9.59 Å². The number of amides is 2. The third kappa shape index (κ3) is 4.40. The molecule has 7 heteroatoms. The molecule has 0 spiro atoms. The highest BCUT2D eigenvalue weighted by Crippen LogP contribution is 2.33. The van der Waals surface area contributed by atoms with E-state index in [1.807, 2.05) is 49.5 Å². The zero-order valence-corrected chi connectivity index (χ0v) is 18.7. The quantitative estimate of drug-likeness (QED) is 0.569. The van der Waals surface area contributed by atoms with Crippen LogP contribution in [0.5, 0.6) is 0 Å². The van der Waals surface area contributed by atoms with Gasteiger partial charge in [0.1, 0.15) is 12.7 Å². The minimum absolute atomic E-state index is 0.107. The van der Waals surface area contributed by atoms with Gasteiger partial charge in [-0.15, -0.1) is 0 Å². The van der Waals surface area contributed by atoms with Gasteiger partial charge in [0.05, 0.1) is 5.54 Å². The summed E-state index contributed by atoms with van der Waals surface area (Å²) in [5, 5.41) is 14.4. The van der Waals surface area contributed by atoms with Crippen molar-refractivity contribution in [1.29, 1.82) is 0 Å². The lowest BCUT2D eigenvalue weighted by Crippen LogP contribution is -2.55. The molecule has 170 valence electrons. The summed E-state index contributed by atoms with van der Waals surface area (Å²) in [7, 11) is 0. The van der Waals surface area contributed by atoms with Crippen LogP contribution in [0.4, 0.5) is 0 Å². The van der Waals surface area contributed by atoms with E-state index in [9.17, 15) is 14.5 Å². The molecular weight excluding hydrogens is 416 g/mol. The van der Waals surface area contributed by atoms with E-state index in [4.69, 9.17) is 0 Å². The van der Waals surface area contributed by atoms with Crippen LogP contribution < -0.4 is 26.4 Å². The van der Waals surface area contributed by atoms with Gasteiger partial charge in [0.2, 0.25) is 5.91 Å². The molecule has 2 aromatic carbocycles. The number of benzene rings is 2. The van der Waals surface area contributed by atoms with Gasteiger partial charge in [-0.2, -0.15) is 4.91 Å². The molecule has 2 aromatic rings. The van der Waals surface area contributed by atoms with E-state index in [0.717, 1.165) is 59.2 Å². The Balaban J connectivity index is 1.38. The number of hydrogen-bond donors (Lipinski definition) is 3. The fourth-order valence-corrected chi connectivity index (χ4v) is 4.56. The number of aryl methyl sites for hydroxylation is 1. The van der Waals surface area contributed by atoms with Crippen molar-refractivity contribution in [2.24, 2.45) is 11.1 Å². The van der Waals surface area contributed by atoms with Gasteiger partial charge in [-0.1, -0.05) is 23.4 Å². The largest absolute Gasteiger partial charge is 0.368 e. The molecule has 1 aliphatic heterocycles. The van der Waals surface area contributed by atoms with E-state index < -0.39 is 5.54 Å². The normalized spacial score (nSPS) is 20.1. The summed E-state index contributed by atoms with van der Waals surface area (Å²) in [6, 6.07) is 11.9. The maximum atomic E-state index is 12.9. The van der Waals surface area contributed by atoms with Crippen LogP contribution in [0.1, 0.15) is 48.0 Å². The van der Waals surface area contributed by atoms with Crippen molar-refractivity contribution in [3.63, 3.8) is 0 Å². The Morgan fingerprint density at radius 2 is 1.94 bits per heavy atom. The van der Waals surface area contributed by atoms with E-state index in [1.54, 1.807) is 0 Å². The van der Waals surface area contributed by atoms with Gasteiger partial charge in [0.25, 0.3) is 5.91 Å². The highest BCUT2D eigenvalue weighted by Gasteiger charge is 2.39. The molecule has 1 atom stereocenters. The highest BCUT2D eigenvalue weighted by molar-refractivity contribution is 5.96. The minimum atomic E-state index is -0.488. The number of fused-ring (bicyclic) bond motifs is 1. The molecule has 0 radical (unpaired) electrons. The van der Waals surface area contributed by atoms with Gasteiger partial charge in [-0.25, -0.2) is 0 Å². The third-order valence-electron chi connectivity index (χ3n) is 6.96. The first kappa shape index (κ1) is 21.4. The first-order valence-electron chi connectivity index (χ1n) is 11.6. The van der Waals surface area contributed by atoms with Gasteiger partial charge < -0.3 is 16.0 Å². The van der Waals surface area contributed by atoms with Gasteiger partial charge in [0.15, 0.2) is 0 Å². The van der Waals surface area contributed by atoms with Crippen molar-refractivity contribution in [3.05, 3.63) is 62.9 Å². The number of nitrogens with zero attached hydrogens (tertiary/aromatic N) is 1. The first-order chi connectivity index (χ1) is 16.0. The van der Waals surface area contributed by atoms with Crippen LogP contribution in [0.15, 0.2) is 41.6 Å². The van der Waals surface area contributed by atoms with Gasteiger partial charge in [0, 0.05) is 17.7 Å². The Morgan fingerprint density at radius 1 is 1.12 bits per heavy atom. The predicted molar refractivity (Wildman–Crippen MR) is 127 cm³/mol. The van der Waals surface area contributed by atoms with Crippen molar-refractivity contribution in [2.75, 3.05) is 6.54 Å². The van der Waals surface area contributed by atoms with Crippen LogP contribution >= 0.6 is 0 Å². The summed E-state index contributed by atoms with van der Waals surface area (Å²) >= 11 is 0. The van der Waals surface area contributed by atoms with Gasteiger partial charge >= 0.3 is 0 Å².